The van der Waals surface area contributed by atoms with Gasteiger partial charge in [-0.15, -0.1) is 0 Å². The maximum Gasteiger partial charge on any atom is 0.312 e. The smallest absolute Gasteiger partial charge is 0.312 e. The lowest BCUT2D eigenvalue weighted by Gasteiger charge is -2.38. The second-order valence-electron chi connectivity index (χ2n) is 15.7. The van der Waals surface area contributed by atoms with Crippen molar-refractivity contribution >= 4 is 40.3 Å². The van der Waals surface area contributed by atoms with Crippen LogP contribution in [0.2, 0.25) is 0 Å². The second-order valence-corrected chi connectivity index (χ2v) is 15.7. The molecule has 9 atom stereocenters. The fraction of sp³-hybridized carbons (Fsp3) is 0.524. The summed E-state index contributed by atoms with van der Waals surface area (Å²) in [6.07, 6.45) is 4.84. The van der Waals surface area contributed by atoms with Crippen LogP contribution in [0.4, 0.5) is 5.69 Å². The fourth-order valence-corrected chi connectivity index (χ4v) is 7.71. The van der Waals surface area contributed by atoms with E-state index in [1.807, 2.05) is 7.05 Å². The first-order valence-corrected chi connectivity index (χ1v) is 19.4. The molecule has 58 heavy (non-hydrogen) atoms. The molecule has 1 fully saturated rings. The van der Waals surface area contributed by atoms with Crippen LogP contribution in [0.5, 0.6) is 23.0 Å². The van der Waals surface area contributed by atoms with E-state index >= 15 is 0 Å². The van der Waals surface area contributed by atoms with E-state index in [1.54, 1.807) is 44.9 Å². The number of anilines is 1. The molecule has 2 aromatic rings. The molecule has 0 aliphatic carbocycles. The zero-order valence-corrected chi connectivity index (χ0v) is 34.4. The fourth-order valence-electron chi connectivity index (χ4n) is 7.71. The van der Waals surface area contributed by atoms with Gasteiger partial charge in [-0.2, -0.15) is 5.10 Å². The SMILES string of the molecule is CO[C@H]1/C=C/O[C@@]2(C)Oc3cc(O)c4c(O)c(c(/C=N\N5CCN(C)CC5)c(O)c4c3C2=O)NC(=O)/C(C)=C/C=C/[C@@H](C)[C@H](O)[C@H](C)[C@@H](O)[C@H](C)[C@@H](OC(C)=O)[C@H]1C. The average molecular weight is 809 g/mol. The number of hydrazone groups is 1. The number of rotatable bonds is 4. The van der Waals surface area contributed by atoms with Gasteiger partial charge in [0.15, 0.2) is 5.75 Å². The highest BCUT2D eigenvalue weighted by Crippen LogP contribution is 2.53. The number of ketones is 1. The lowest BCUT2D eigenvalue weighted by molar-refractivity contribution is -0.160. The standard InChI is InChI=1S/C42H56N4O12/c1-21-11-10-12-22(2)41(54)44-34-27(20-43-46-16-14-45(8)15-17-46)37(51)33-31(38(34)52)28(48)19-30-32(33)40(53)42(7,58-30)56-18-13-29(55-9)23(3)39(57-26(6)47)25(5)36(50)24(4)35(21)49/h10-13,18-21,23-25,29,35-36,39,48-52H,14-17H2,1-9H3,(H,44,54)/b11-10+,18-13+,22-12+,43-20-/t21-,23+,24+,25+,29+,35+,36-,39+,42+/m1/s1. The number of methoxy groups -OCH3 is 1. The Labute approximate surface area is 338 Å². The summed E-state index contributed by atoms with van der Waals surface area (Å²) in [5.74, 6) is -8.44. The van der Waals surface area contributed by atoms with E-state index in [0.717, 1.165) is 19.2 Å². The number of aliphatic hydroxyl groups excluding tert-OH is 2. The number of aliphatic hydroxyl groups is 2. The number of aromatic hydroxyl groups is 3. The van der Waals surface area contributed by atoms with E-state index in [4.69, 9.17) is 18.9 Å². The summed E-state index contributed by atoms with van der Waals surface area (Å²) in [7, 11) is 3.42. The Kier molecular flexibility index (Phi) is 13.5. The zero-order chi connectivity index (χ0) is 42.8. The number of fused-ring (bicyclic) bond motifs is 14. The van der Waals surface area contributed by atoms with Gasteiger partial charge < -0.3 is 54.7 Å². The molecule has 6 rings (SSSR count). The number of carbonyl (C=O) groups excluding carboxylic acids is 3. The molecule has 4 aliphatic rings. The Bertz CT molecular complexity index is 2020. The Balaban J connectivity index is 1.68. The molecular weight excluding hydrogens is 752 g/mol. The van der Waals surface area contributed by atoms with Crippen molar-refractivity contribution in [2.45, 2.75) is 78.7 Å². The minimum Gasteiger partial charge on any atom is -0.507 e. The normalized spacial score (nSPS) is 32.4. The van der Waals surface area contributed by atoms with Gasteiger partial charge in [-0.3, -0.25) is 19.4 Å². The van der Waals surface area contributed by atoms with Crippen molar-refractivity contribution in [3.8, 4) is 23.0 Å². The van der Waals surface area contributed by atoms with Crippen LogP contribution in [0.1, 0.15) is 64.4 Å². The van der Waals surface area contributed by atoms with Crippen LogP contribution < -0.4 is 10.1 Å². The summed E-state index contributed by atoms with van der Waals surface area (Å²) in [5.41, 5.74) is -0.430. The second kappa shape index (κ2) is 17.8. The van der Waals surface area contributed by atoms with Gasteiger partial charge in [-0.25, -0.2) is 0 Å². The number of hydrogen-bond donors (Lipinski definition) is 6. The molecular formula is C42H56N4O12. The van der Waals surface area contributed by atoms with Crippen LogP contribution in [0.15, 0.2) is 47.3 Å². The number of nitrogens with one attached hydrogen (secondary N) is 1. The number of benzene rings is 2. The number of phenols is 3. The number of esters is 1. The summed E-state index contributed by atoms with van der Waals surface area (Å²) in [6, 6.07) is 1.11. The largest absolute Gasteiger partial charge is 0.507 e. The number of ether oxygens (including phenoxy) is 4. The van der Waals surface area contributed by atoms with Crippen molar-refractivity contribution in [3.05, 3.63) is 53.3 Å². The van der Waals surface area contributed by atoms with Gasteiger partial charge in [0.05, 0.1) is 53.0 Å². The van der Waals surface area contributed by atoms with Crippen LogP contribution in [-0.4, -0.2) is 130 Å². The van der Waals surface area contributed by atoms with Crippen molar-refractivity contribution < 1.29 is 58.9 Å². The molecule has 316 valence electrons. The van der Waals surface area contributed by atoms with Crippen molar-refractivity contribution in [1.82, 2.24) is 9.91 Å². The molecule has 0 saturated carbocycles. The van der Waals surface area contributed by atoms with Crippen LogP contribution in [0.25, 0.3) is 10.8 Å². The number of hydrogen-bond acceptors (Lipinski definition) is 15. The Morgan fingerprint density at radius 3 is 2.29 bits per heavy atom. The third-order valence-corrected chi connectivity index (χ3v) is 11.5. The molecule has 4 aliphatic heterocycles. The van der Waals surface area contributed by atoms with Crippen LogP contribution in [-0.2, 0) is 23.8 Å². The monoisotopic (exact) mass is 808 g/mol. The zero-order valence-electron chi connectivity index (χ0n) is 34.4. The minimum atomic E-state index is -2.03. The van der Waals surface area contributed by atoms with E-state index < -0.39 is 88.8 Å². The van der Waals surface area contributed by atoms with Gasteiger partial charge in [0.1, 0.15) is 23.4 Å². The van der Waals surface area contributed by atoms with Gasteiger partial charge in [-0.05, 0) is 20.0 Å². The predicted molar refractivity (Wildman–Crippen MR) is 216 cm³/mol. The van der Waals surface area contributed by atoms with Crippen molar-refractivity contribution in [2.24, 2.45) is 28.8 Å². The minimum absolute atomic E-state index is 0.136. The molecule has 0 radical (unpaired) electrons. The van der Waals surface area contributed by atoms with Gasteiger partial charge in [0.2, 0.25) is 0 Å². The van der Waals surface area contributed by atoms with E-state index in [9.17, 15) is 39.9 Å². The number of nitrogens with zero attached hydrogens (tertiary/aromatic N) is 3. The molecule has 1 amide bonds. The Morgan fingerprint density at radius 1 is 0.983 bits per heavy atom. The average Bonchev–Trinajstić information content (AvgIpc) is 3.43. The number of likely N-dealkylation sites (N-methyl/N-ethyl adjacent to an activating group) is 1. The molecule has 2 aromatic carbocycles. The first kappa shape index (κ1) is 44.0. The Morgan fingerprint density at radius 2 is 1.66 bits per heavy atom. The summed E-state index contributed by atoms with van der Waals surface area (Å²) >= 11 is 0. The van der Waals surface area contributed by atoms with E-state index in [0.29, 0.717) is 13.1 Å². The highest BCUT2D eigenvalue weighted by molar-refractivity contribution is 6.23. The van der Waals surface area contributed by atoms with E-state index in [2.05, 4.69) is 15.3 Å². The summed E-state index contributed by atoms with van der Waals surface area (Å²) in [4.78, 5) is 42.4. The molecule has 4 heterocycles. The summed E-state index contributed by atoms with van der Waals surface area (Å²) < 4.78 is 23.4. The lowest BCUT2D eigenvalue weighted by atomic mass is 9.78. The van der Waals surface area contributed by atoms with Crippen molar-refractivity contribution in [1.29, 1.82) is 0 Å². The van der Waals surface area contributed by atoms with Gasteiger partial charge in [0.25, 0.3) is 11.7 Å². The molecule has 0 spiro atoms. The topological polar surface area (TPSA) is 220 Å². The molecule has 0 unspecified atom stereocenters. The first-order chi connectivity index (χ1) is 27.3. The first-order valence-electron chi connectivity index (χ1n) is 19.4. The highest BCUT2D eigenvalue weighted by atomic mass is 16.7. The molecule has 1 saturated heterocycles. The quantitative estimate of drug-likeness (QED) is 0.111. The van der Waals surface area contributed by atoms with Gasteiger partial charge in [0, 0.05) is 87.8 Å². The van der Waals surface area contributed by atoms with E-state index in [-0.39, 0.29) is 38.9 Å². The summed E-state index contributed by atoms with van der Waals surface area (Å²) in [5, 5.41) is 66.2. The molecule has 0 aromatic heterocycles. The lowest BCUT2D eigenvalue weighted by Crippen LogP contribution is -2.46. The maximum atomic E-state index is 14.3. The number of carbonyl (C=O) groups is 3. The Hall–Kier alpha value is -5.16. The number of phenolic OH excluding ortho intramolecular Hbond substituents is 3. The van der Waals surface area contributed by atoms with Crippen molar-refractivity contribution in [2.75, 3.05) is 45.7 Å². The van der Waals surface area contributed by atoms with Gasteiger partial charge in [-0.1, -0.05) is 45.9 Å². The van der Waals surface area contributed by atoms with Crippen LogP contribution in [0.3, 0.4) is 0 Å². The maximum absolute atomic E-state index is 14.3. The number of amides is 1. The molecule has 16 heteroatoms. The molecule has 5 bridgehead atoms. The number of Topliss-reactive ketones (excluding diaryl/α,β-unsaturated/α-hetero) is 1. The predicted octanol–water partition coefficient (Wildman–Crippen LogP) is 4.03. The summed E-state index contributed by atoms with van der Waals surface area (Å²) in [6.45, 7) is 13.6. The third kappa shape index (κ3) is 8.79. The molecule has 6 N–H and O–H groups in total. The highest BCUT2D eigenvalue weighted by Gasteiger charge is 2.49. The van der Waals surface area contributed by atoms with E-state index in [1.165, 1.54) is 52.5 Å². The number of piperazine rings is 1. The van der Waals surface area contributed by atoms with Crippen molar-refractivity contribution in [3.63, 3.8) is 0 Å². The van der Waals surface area contributed by atoms with Crippen LogP contribution >= 0.6 is 0 Å². The number of allylic oxidation sites excluding steroid dienone is 2. The third-order valence-electron chi connectivity index (χ3n) is 11.5. The van der Waals surface area contributed by atoms with Crippen LogP contribution in [0, 0.1) is 23.7 Å². The molecule has 16 nitrogen and oxygen atoms in total. The van der Waals surface area contributed by atoms with Gasteiger partial charge >= 0.3 is 11.8 Å².